The van der Waals surface area contributed by atoms with Gasteiger partial charge in [0.25, 0.3) is 0 Å². The van der Waals surface area contributed by atoms with Gasteiger partial charge in [0.05, 0.1) is 0 Å². The van der Waals surface area contributed by atoms with Crippen LogP contribution in [0.1, 0.15) is 11.1 Å². The van der Waals surface area contributed by atoms with Gasteiger partial charge in [0.2, 0.25) is 0 Å². The maximum Gasteiger partial charge on any atom is 0.321 e. The van der Waals surface area contributed by atoms with Gasteiger partial charge in [0, 0.05) is 0 Å². The molecule has 0 saturated heterocycles. The second-order valence-electron chi connectivity index (χ2n) is 6.14. The van der Waals surface area contributed by atoms with E-state index >= 15 is 0 Å². The van der Waals surface area contributed by atoms with E-state index in [0.717, 1.165) is 11.1 Å². The molecular formula is C20H26N2O4. The van der Waals surface area contributed by atoms with E-state index in [1.165, 1.54) is 0 Å². The average Bonchev–Trinajstić information content (AvgIpc) is 2.61. The molecule has 0 bridgehead atoms. The van der Waals surface area contributed by atoms with Crippen molar-refractivity contribution in [2.24, 2.45) is 5.73 Å². The Morgan fingerprint density at radius 1 is 0.846 bits per heavy atom. The first-order chi connectivity index (χ1) is 12.3. The summed E-state index contributed by atoms with van der Waals surface area (Å²) in [6.45, 7) is 0. The molecule has 2 rings (SSSR count). The molecule has 0 aromatic heterocycles. The van der Waals surface area contributed by atoms with Gasteiger partial charge >= 0.3 is 11.9 Å². The molecule has 0 spiro atoms. The Kier molecular flexibility index (Phi) is 9.05. The molecule has 0 saturated carbocycles. The van der Waals surface area contributed by atoms with Crippen LogP contribution in [0.5, 0.6) is 0 Å². The SMILES string of the molecule is CN(C)[C@@H](Cc1ccccc1)C(=O)O.N[C@@H](Cc1ccccc1)C(=O)O. The minimum absolute atomic E-state index is 0.385. The fourth-order valence-electron chi connectivity index (χ4n) is 2.28. The van der Waals surface area contributed by atoms with Crippen molar-refractivity contribution in [2.45, 2.75) is 24.9 Å². The van der Waals surface area contributed by atoms with Crippen LogP contribution in [-0.4, -0.2) is 53.2 Å². The molecule has 2 aromatic carbocycles. The van der Waals surface area contributed by atoms with E-state index in [1.54, 1.807) is 19.0 Å². The van der Waals surface area contributed by atoms with Gasteiger partial charge in [0.1, 0.15) is 12.1 Å². The number of carboxylic acids is 2. The van der Waals surface area contributed by atoms with E-state index in [1.807, 2.05) is 60.7 Å². The fraction of sp³-hybridized carbons (Fsp3) is 0.300. The highest BCUT2D eigenvalue weighted by molar-refractivity contribution is 5.74. The average molecular weight is 358 g/mol. The van der Waals surface area contributed by atoms with Crippen molar-refractivity contribution >= 4 is 11.9 Å². The van der Waals surface area contributed by atoms with Gasteiger partial charge in [-0.2, -0.15) is 0 Å². The predicted octanol–water partition coefficient (Wildman–Crippen LogP) is 1.88. The van der Waals surface area contributed by atoms with Crippen LogP contribution in [0.3, 0.4) is 0 Å². The molecule has 6 nitrogen and oxygen atoms in total. The summed E-state index contributed by atoms with van der Waals surface area (Å²) in [6, 6.07) is 17.8. The third-order valence-corrected chi connectivity index (χ3v) is 3.80. The van der Waals surface area contributed by atoms with Crippen LogP contribution in [0.4, 0.5) is 0 Å². The summed E-state index contributed by atoms with van der Waals surface area (Å²) in [4.78, 5) is 23.0. The van der Waals surface area contributed by atoms with E-state index in [9.17, 15) is 9.59 Å². The maximum atomic E-state index is 10.9. The Balaban J connectivity index is 0.000000263. The number of aliphatic carboxylic acids is 2. The van der Waals surface area contributed by atoms with Crippen LogP contribution in [0.2, 0.25) is 0 Å². The topological polar surface area (TPSA) is 104 Å². The summed E-state index contributed by atoms with van der Waals surface area (Å²) in [7, 11) is 3.56. The standard InChI is InChI=1S/C11H15NO2.C9H11NO2/c1-12(2)10(11(13)14)8-9-6-4-3-5-7-9;10-8(9(11)12)6-7-4-2-1-3-5-7/h3-7,10H,8H2,1-2H3,(H,13,14);1-5,8H,6,10H2,(H,11,12)/t10-;8-/m00/s1. The van der Waals surface area contributed by atoms with Gasteiger partial charge in [-0.05, 0) is 38.1 Å². The van der Waals surface area contributed by atoms with E-state index < -0.39 is 24.0 Å². The van der Waals surface area contributed by atoms with E-state index in [4.69, 9.17) is 15.9 Å². The lowest BCUT2D eigenvalue weighted by Gasteiger charge is -2.19. The molecule has 0 amide bonds. The van der Waals surface area contributed by atoms with E-state index in [0.29, 0.717) is 12.8 Å². The molecule has 0 unspecified atom stereocenters. The molecule has 0 fully saturated rings. The Hall–Kier alpha value is -2.70. The number of nitrogens with zero attached hydrogens (tertiary/aromatic N) is 1. The summed E-state index contributed by atoms with van der Waals surface area (Å²) in [5.41, 5.74) is 7.35. The Bertz CT molecular complexity index is 675. The fourth-order valence-corrected chi connectivity index (χ4v) is 2.28. The summed E-state index contributed by atoms with van der Waals surface area (Å²) in [5, 5.41) is 17.5. The lowest BCUT2D eigenvalue weighted by molar-refractivity contribution is -0.142. The lowest BCUT2D eigenvalue weighted by Crippen LogP contribution is -2.37. The van der Waals surface area contributed by atoms with Crippen LogP contribution in [0.25, 0.3) is 0 Å². The van der Waals surface area contributed by atoms with Crippen molar-refractivity contribution in [1.82, 2.24) is 4.90 Å². The monoisotopic (exact) mass is 358 g/mol. The predicted molar refractivity (Wildman–Crippen MR) is 101 cm³/mol. The summed E-state index contributed by atoms with van der Waals surface area (Å²) in [5.74, 6) is -1.74. The number of likely N-dealkylation sites (N-methyl/N-ethyl adjacent to an activating group) is 1. The van der Waals surface area contributed by atoms with Gasteiger partial charge in [-0.25, -0.2) is 0 Å². The number of hydrogen-bond donors (Lipinski definition) is 3. The zero-order valence-electron chi connectivity index (χ0n) is 15.1. The zero-order chi connectivity index (χ0) is 19.5. The van der Waals surface area contributed by atoms with Gasteiger partial charge in [-0.3, -0.25) is 14.5 Å². The Labute approximate surface area is 153 Å². The van der Waals surface area contributed by atoms with E-state index in [2.05, 4.69) is 0 Å². The summed E-state index contributed by atoms with van der Waals surface area (Å²) in [6.07, 6.45) is 0.930. The molecule has 140 valence electrons. The van der Waals surface area contributed by atoms with E-state index in [-0.39, 0.29) is 0 Å². The number of rotatable bonds is 7. The zero-order valence-corrected chi connectivity index (χ0v) is 15.1. The van der Waals surface area contributed by atoms with Crippen molar-refractivity contribution in [3.05, 3.63) is 71.8 Å². The van der Waals surface area contributed by atoms with Gasteiger partial charge in [-0.15, -0.1) is 0 Å². The highest BCUT2D eigenvalue weighted by Crippen LogP contribution is 2.06. The van der Waals surface area contributed by atoms with Crippen LogP contribution in [-0.2, 0) is 22.4 Å². The maximum absolute atomic E-state index is 10.9. The third-order valence-electron chi connectivity index (χ3n) is 3.80. The summed E-state index contributed by atoms with van der Waals surface area (Å²) >= 11 is 0. The lowest BCUT2D eigenvalue weighted by atomic mass is 10.1. The molecular weight excluding hydrogens is 332 g/mol. The van der Waals surface area contributed by atoms with Crippen molar-refractivity contribution in [3.63, 3.8) is 0 Å². The normalized spacial score (nSPS) is 12.6. The van der Waals surface area contributed by atoms with Crippen molar-refractivity contribution in [2.75, 3.05) is 14.1 Å². The van der Waals surface area contributed by atoms with Crippen LogP contribution in [0, 0.1) is 0 Å². The largest absolute Gasteiger partial charge is 0.480 e. The quantitative estimate of drug-likeness (QED) is 0.698. The second kappa shape index (κ2) is 11.0. The van der Waals surface area contributed by atoms with Crippen LogP contribution < -0.4 is 5.73 Å². The minimum atomic E-state index is -0.959. The molecule has 0 heterocycles. The smallest absolute Gasteiger partial charge is 0.321 e. The Morgan fingerprint density at radius 2 is 1.27 bits per heavy atom. The molecule has 26 heavy (non-hydrogen) atoms. The summed E-state index contributed by atoms with van der Waals surface area (Å²) < 4.78 is 0. The van der Waals surface area contributed by atoms with Gasteiger partial charge < -0.3 is 15.9 Å². The van der Waals surface area contributed by atoms with Crippen molar-refractivity contribution < 1.29 is 19.8 Å². The Morgan fingerprint density at radius 3 is 1.62 bits per heavy atom. The molecule has 0 aliphatic heterocycles. The van der Waals surface area contributed by atoms with Crippen molar-refractivity contribution in [3.8, 4) is 0 Å². The van der Waals surface area contributed by atoms with Gasteiger partial charge in [-0.1, -0.05) is 60.7 Å². The van der Waals surface area contributed by atoms with Crippen LogP contribution >= 0.6 is 0 Å². The first-order valence-corrected chi connectivity index (χ1v) is 8.26. The number of nitrogens with two attached hydrogens (primary N) is 1. The van der Waals surface area contributed by atoms with Crippen molar-refractivity contribution in [1.29, 1.82) is 0 Å². The second-order valence-corrected chi connectivity index (χ2v) is 6.14. The third kappa shape index (κ3) is 7.92. The highest BCUT2D eigenvalue weighted by atomic mass is 16.4. The number of benzene rings is 2. The minimum Gasteiger partial charge on any atom is -0.480 e. The molecule has 4 N–H and O–H groups in total. The first-order valence-electron chi connectivity index (χ1n) is 8.26. The molecule has 2 atom stereocenters. The number of hydrogen-bond acceptors (Lipinski definition) is 4. The molecule has 0 aliphatic rings. The molecule has 2 aromatic rings. The first kappa shape index (κ1) is 21.3. The van der Waals surface area contributed by atoms with Crippen LogP contribution in [0.15, 0.2) is 60.7 Å². The number of carboxylic acid groups (broad SMARTS) is 2. The molecule has 0 radical (unpaired) electrons. The number of carbonyl (C=O) groups is 2. The molecule has 6 heteroatoms. The highest BCUT2D eigenvalue weighted by Gasteiger charge is 2.19. The molecule has 0 aliphatic carbocycles. The van der Waals surface area contributed by atoms with Gasteiger partial charge in [0.15, 0.2) is 0 Å².